The zero-order valence-corrected chi connectivity index (χ0v) is 12.4. The van der Waals surface area contributed by atoms with Gasteiger partial charge in [-0.2, -0.15) is 12.6 Å². The summed E-state index contributed by atoms with van der Waals surface area (Å²) in [6.45, 7) is 0.0243. The monoisotopic (exact) mass is 288 g/mol. The molecule has 0 radical (unpaired) electrons. The lowest BCUT2D eigenvalue weighted by atomic mass is 9.89. The van der Waals surface area contributed by atoms with Crippen molar-refractivity contribution in [2.75, 3.05) is 13.7 Å². The van der Waals surface area contributed by atoms with E-state index in [9.17, 15) is 5.11 Å². The number of methoxy groups -OCH3 is 1. The molecule has 0 aliphatic heterocycles. The van der Waals surface area contributed by atoms with E-state index in [-0.39, 0.29) is 23.9 Å². The molecular formula is C17H20O2S. The van der Waals surface area contributed by atoms with Crippen molar-refractivity contribution in [3.8, 4) is 0 Å². The van der Waals surface area contributed by atoms with Gasteiger partial charge in [0.05, 0.1) is 12.7 Å². The minimum Gasteiger partial charge on any atom is -0.396 e. The molecule has 0 fully saturated rings. The first-order valence-corrected chi connectivity index (χ1v) is 7.21. The average molecular weight is 288 g/mol. The molecule has 2 rings (SSSR count). The molecule has 0 unspecified atom stereocenters. The zero-order chi connectivity index (χ0) is 14.4. The summed E-state index contributed by atoms with van der Waals surface area (Å²) in [4.78, 5) is 0. The fourth-order valence-electron chi connectivity index (χ4n) is 2.46. The van der Waals surface area contributed by atoms with Crippen LogP contribution in [-0.4, -0.2) is 18.8 Å². The molecule has 0 amide bonds. The van der Waals surface area contributed by atoms with Gasteiger partial charge in [-0.05, 0) is 11.1 Å². The third-order valence-electron chi connectivity index (χ3n) is 3.53. The van der Waals surface area contributed by atoms with Crippen LogP contribution in [0.3, 0.4) is 0 Å². The number of aliphatic hydroxyl groups excluding tert-OH is 1. The van der Waals surface area contributed by atoms with Crippen molar-refractivity contribution in [2.24, 2.45) is 5.92 Å². The molecule has 0 saturated heterocycles. The molecule has 0 bridgehead atoms. The Balaban J connectivity index is 2.26. The van der Waals surface area contributed by atoms with Crippen LogP contribution in [0.4, 0.5) is 0 Å². The van der Waals surface area contributed by atoms with E-state index in [1.807, 2.05) is 60.7 Å². The summed E-state index contributed by atoms with van der Waals surface area (Å²) in [5.74, 6) is -0.104. The minimum absolute atomic E-state index is 0.0243. The summed E-state index contributed by atoms with van der Waals surface area (Å²) in [6.07, 6.45) is -0.177. The summed E-state index contributed by atoms with van der Waals surface area (Å²) in [7, 11) is 1.67. The van der Waals surface area contributed by atoms with Crippen LogP contribution in [0, 0.1) is 5.92 Å². The van der Waals surface area contributed by atoms with Crippen LogP contribution in [0.1, 0.15) is 22.5 Å². The van der Waals surface area contributed by atoms with Crippen molar-refractivity contribution in [1.82, 2.24) is 0 Å². The molecule has 106 valence electrons. The molecule has 0 aromatic heterocycles. The van der Waals surface area contributed by atoms with Gasteiger partial charge >= 0.3 is 0 Å². The molecule has 0 spiro atoms. The van der Waals surface area contributed by atoms with Gasteiger partial charge in [0.15, 0.2) is 0 Å². The Morgan fingerprint density at radius 3 is 1.90 bits per heavy atom. The van der Waals surface area contributed by atoms with E-state index in [4.69, 9.17) is 17.4 Å². The number of ether oxygens (including phenoxy) is 1. The first-order valence-electron chi connectivity index (χ1n) is 6.69. The smallest absolute Gasteiger partial charge is 0.0885 e. The number of hydrogen-bond acceptors (Lipinski definition) is 3. The lowest BCUT2D eigenvalue weighted by Gasteiger charge is -2.29. The molecule has 2 nitrogen and oxygen atoms in total. The maximum absolute atomic E-state index is 9.79. The third-order valence-corrected chi connectivity index (χ3v) is 4.21. The molecule has 0 heterocycles. The first kappa shape index (κ1) is 15.1. The second kappa shape index (κ2) is 7.48. The average Bonchev–Trinajstić information content (AvgIpc) is 2.53. The van der Waals surface area contributed by atoms with Gasteiger partial charge in [0.2, 0.25) is 0 Å². The lowest BCUT2D eigenvalue weighted by molar-refractivity contribution is 0.0239. The van der Waals surface area contributed by atoms with Crippen molar-refractivity contribution >= 4 is 12.6 Å². The highest BCUT2D eigenvalue weighted by atomic mass is 32.1. The standard InChI is InChI=1S/C17H20O2S/c1-19-16(13-8-4-2-5-9-13)15(12-18)17(20)14-10-6-3-7-11-14/h2-11,15-18,20H,12H2,1H3/t15-,16+,17-/m1/s1. The second-order valence-corrected chi connectivity index (χ2v) is 5.33. The maximum Gasteiger partial charge on any atom is 0.0885 e. The Hall–Kier alpha value is -1.29. The zero-order valence-electron chi connectivity index (χ0n) is 11.5. The van der Waals surface area contributed by atoms with Crippen molar-refractivity contribution in [1.29, 1.82) is 0 Å². The van der Waals surface area contributed by atoms with Gasteiger partial charge in [0, 0.05) is 18.3 Å². The van der Waals surface area contributed by atoms with Gasteiger partial charge in [-0.1, -0.05) is 60.7 Å². The molecular weight excluding hydrogens is 268 g/mol. The Kier molecular flexibility index (Phi) is 5.65. The Labute approximate surface area is 125 Å². The van der Waals surface area contributed by atoms with E-state index < -0.39 is 0 Å². The highest BCUT2D eigenvalue weighted by molar-refractivity contribution is 7.80. The van der Waals surface area contributed by atoms with E-state index >= 15 is 0 Å². The van der Waals surface area contributed by atoms with Gasteiger partial charge in [-0.25, -0.2) is 0 Å². The summed E-state index contributed by atoms with van der Waals surface area (Å²) in [6, 6.07) is 20.0. The molecule has 3 heteroatoms. The van der Waals surface area contributed by atoms with Crippen LogP contribution in [0.5, 0.6) is 0 Å². The number of benzene rings is 2. The summed E-state index contributed by atoms with van der Waals surface area (Å²) in [5, 5.41) is 9.71. The number of aliphatic hydroxyl groups is 1. The number of rotatable bonds is 6. The van der Waals surface area contributed by atoms with Crippen molar-refractivity contribution in [3.63, 3.8) is 0 Å². The molecule has 0 aliphatic rings. The SMILES string of the molecule is CO[C@@H](c1ccccc1)[C@@H](CO)[C@H](S)c1ccccc1. The Morgan fingerprint density at radius 1 is 0.950 bits per heavy atom. The largest absolute Gasteiger partial charge is 0.396 e. The van der Waals surface area contributed by atoms with E-state index in [2.05, 4.69) is 0 Å². The van der Waals surface area contributed by atoms with Crippen molar-refractivity contribution in [3.05, 3.63) is 71.8 Å². The van der Waals surface area contributed by atoms with Gasteiger partial charge in [-0.15, -0.1) is 0 Å². The van der Waals surface area contributed by atoms with Crippen LogP contribution in [0.2, 0.25) is 0 Å². The molecule has 2 aromatic carbocycles. The maximum atomic E-state index is 9.79. The van der Waals surface area contributed by atoms with Crippen LogP contribution in [0.25, 0.3) is 0 Å². The fraction of sp³-hybridized carbons (Fsp3) is 0.294. The molecule has 20 heavy (non-hydrogen) atoms. The first-order chi connectivity index (χ1) is 9.77. The molecule has 1 N–H and O–H groups in total. The van der Waals surface area contributed by atoms with Crippen LogP contribution in [-0.2, 0) is 4.74 Å². The van der Waals surface area contributed by atoms with E-state index in [0.717, 1.165) is 11.1 Å². The summed E-state index contributed by atoms with van der Waals surface area (Å²) in [5.41, 5.74) is 2.15. The second-order valence-electron chi connectivity index (χ2n) is 4.77. The normalized spacial score (nSPS) is 15.6. The van der Waals surface area contributed by atoms with Crippen molar-refractivity contribution < 1.29 is 9.84 Å². The van der Waals surface area contributed by atoms with Gasteiger partial charge in [-0.3, -0.25) is 0 Å². The molecule has 0 aliphatic carbocycles. The van der Waals surface area contributed by atoms with E-state index in [0.29, 0.717) is 0 Å². The van der Waals surface area contributed by atoms with Gasteiger partial charge in [0.1, 0.15) is 0 Å². The Morgan fingerprint density at radius 2 is 1.45 bits per heavy atom. The number of thiol groups is 1. The van der Waals surface area contributed by atoms with Gasteiger partial charge < -0.3 is 9.84 Å². The third kappa shape index (κ3) is 3.42. The molecule has 2 aromatic rings. The van der Waals surface area contributed by atoms with Crippen LogP contribution in [0.15, 0.2) is 60.7 Å². The minimum atomic E-state index is -0.177. The number of hydrogen-bond donors (Lipinski definition) is 2. The molecule has 3 atom stereocenters. The summed E-state index contributed by atoms with van der Waals surface area (Å²) >= 11 is 4.70. The lowest BCUT2D eigenvalue weighted by Crippen LogP contribution is -2.23. The highest BCUT2D eigenvalue weighted by Crippen LogP contribution is 2.38. The van der Waals surface area contributed by atoms with Crippen LogP contribution < -0.4 is 0 Å². The molecule has 0 saturated carbocycles. The topological polar surface area (TPSA) is 29.5 Å². The Bertz CT molecular complexity index is 501. The van der Waals surface area contributed by atoms with E-state index in [1.54, 1.807) is 7.11 Å². The highest BCUT2D eigenvalue weighted by Gasteiger charge is 2.29. The predicted molar refractivity (Wildman–Crippen MR) is 84.9 cm³/mol. The van der Waals surface area contributed by atoms with Crippen LogP contribution >= 0.6 is 12.6 Å². The quantitative estimate of drug-likeness (QED) is 0.795. The summed E-state index contributed by atoms with van der Waals surface area (Å²) < 4.78 is 5.62. The fourth-order valence-corrected chi connectivity index (χ4v) is 2.88. The van der Waals surface area contributed by atoms with E-state index in [1.165, 1.54) is 0 Å². The predicted octanol–water partition coefficient (Wildman–Crippen LogP) is 3.65. The van der Waals surface area contributed by atoms with Gasteiger partial charge in [0.25, 0.3) is 0 Å². The van der Waals surface area contributed by atoms with Crippen molar-refractivity contribution in [2.45, 2.75) is 11.4 Å².